The fraction of sp³-hybridized carbons (Fsp3) is 0.444. The van der Waals surface area contributed by atoms with Gasteiger partial charge in [0.05, 0.1) is 11.2 Å². The van der Waals surface area contributed by atoms with Crippen molar-refractivity contribution in [2.45, 2.75) is 26.7 Å². The molecule has 2 aromatic rings. The Morgan fingerprint density at radius 1 is 1.22 bits per heavy atom. The lowest BCUT2D eigenvalue weighted by Gasteiger charge is -2.37. The van der Waals surface area contributed by atoms with Crippen LogP contribution in [-0.4, -0.2) is 42.0 Å². The zero-order chi connectivity index (χ0) is 16.2. The number of hydrogen-bond donors (Lipinski definition) is 0. The van der Waals surface area contributed by atoms with E-state index in [1.165, 1.54) is 16.8 Å². The Bertz CT molecular complexity index is 661. The fourth-order valence-electron chi connectivity index (χ4n) is 3.03. The Morgan fingerprint density at radius 3 is 2.70 bits per heavy atom. The monoisotopic (exact) mass is 329 g/mol. The maximum absolute atomic E-state index is 12.3. The van der Waals surface area contributed by atoms with E-state index in [-0.39, 0.29) is 5.91 Å². The van der Waals surface area contributed by atoms with Gasteiger partial charge < -0.3 is 9.80 Å². The maximum Gasteiger partial charge on any atom is 0.223 e. The standard InChI is InChI=1S/C18H23N3OS/c1-14-4-3-5-17(15(14)2)20-8-10-21(11-9-20)18(22)7-6-16-12-23-13-19-16/h3-5,12-13H,6-11H2,1-2H3. The minimum atomic E-state index is 0.249. The van der Waals surface area contributed by atoms with Crippen molar-refractivity contribution in [2.24, 2.45) is 0 Å². The summed E-state index contributed by atoms with van der Waals surface area (Å²) in [6.45, 7) is 7.76. The van der Waals surface area contributed by atoms with Crippen molar-refractivity contribution in [1.82, 2.24) is 9.88 Å². The van der Waals surface area contributed by atoms with Crippen molar-refractivity contribution < 1.29 is 4.79 Å². The van der Waals surface area contributed by atoms with E-state index in [0.29, 0.717) is 6.42 Å². The van der Waals surface area contributed by atoms with Gasteiger partial charge in [0, 0.05) is 43.7 Å². The number of benzene rings is 1. The Labute approximate surface area is 141 Å². The lowest BCUT2D eigenvalue weighted by atomic mass is 10.1. The number of amides is 1. The van der Waals surface area contributed by atoms with E-state index in [0.717, 1.165) is 38.3 Å². The molecular formula is C18H23N3OS. The highest BCUT2D eigenvalue weighted by molar-refractivity contribution is 7.07. The van der Waals surface area contributed by atoms with Crippen molar-refractivity contribution in [1.29, 1.82) is 0 Å². The number of carbonyl (C=O) groups is 1. The Kier molecular flexibility index (Phi) is 4.96. The summed E-state index contributed by atoms with van der Waals surface area (Å²) in [5.41, 5.74) is 6.82. The summed E-state index contributed by atoms with van der Waals surface area (Å²) in [4.78, 5) is 21.0. The van der Waals surface area contributed by atoms with Crippen LogP contribution in [0.5, 0.6) is 0 Å². The van der Waals surface area contributed by atoms with Crippen LogP contribution in [0.25, 0.3) is 0 Å². The summed E-state index contributed by atoms with van der Waals surface area (Å²) >= 11 is 1.58. The van der Waals surface area contributed by atoms with Gasteiger partial charge in [0.2, 0.25) is 5.91 Å². The van der Waals surface area contributed by atoms with Crippen molar-refractivity contribution in [2.75, 3.05) is 31.1 Å². The highest BCUT2D eigenvalue weighted by atomic mass is 32.1. The number of thiazole rings is 1. The van der Waals surface area contributed by atoms with Crippen molar-refractivity contribution in [3.05, 3.63) is 45.9 Å². The molecule has 5 heteroatoms. The molecule has 4 nitrogen and oxygen atoms in total. The summed E-state index contributed by atoms with van der Waals surface area (Å²) < 4.78 is 0. The van der Waals surface area contributed by atoms with Crippen LogP contribution in [0.4, 0.5) is 5.69 Å². The van der Waals surface area contributed by atoms with Crippen LogP contribution in [0, 0.1) is 13.8 Å². The third-order valence-corrected chi connectivity index (χ3v) is 5.26. The minimum absolute atomic E-state index is 0.249. The number of piperazine rings is 1. The third kappa shape index (κ3) is 3.72. The van der Waals surface area contributed by atoms with E-state index in [1.807, 2.05) is 15.8 Å². The van der Waals surface area contributed by atoms with Crippen LogP contribution in [0.2, 0.25) is 0 Å². The summed E-state index contributed by atoms with van der Waals surface area (Å²) in [5, 5.41) is 2.02. The Hall–Kier alpha value is -1.88. The number of nitrogens with zero attached hydrogens (tertiary/aromatic N) is 3. The largest absolute Gasteiger partial charge is 0.368 e. The van der Waals surface area contributed by atoms with Crippen molar-refractivity contribution in [3.8, 4) is 0 Å². The highest BCUT2D eigenvalue weighted by Gasteiger charge is 2.22. The second-order valence-electron chi connectivity index (χ2n) is 6.07. The Morgan fingerprint density at radius 2 is 2.00 bits per heavy atom. The van der Waals surface area contributed by atoms with Gasteiger partial charge >= 0.3 is 0 Å². The molecule has 1 aromatic carbocycles. The summed E-state index contributed by atoms with van der Waals surface area (Å²) in [7, 11) is 0. The minimum Gasteiger partial charge on any atom is -0.368 e. The van der Waals surface area contributed by atoms with Gasteiger partial charge in [0.1, 0.15) is 0 Å². The first-order valence-electron chi connectivity index (χ1n) is 8.11. The van der Waals surface area contributed by atoms with Gasteiger partial charge in [-0.15, -0.1) is 11.3 Å². The quantitative estimate of drug-likeness (QED) is 0.865. The molecule has 1 amide bonds. The van der Waals surface area contributed by atoms with Crippen molar-refractivity contribution in [3.63, 3.8) is 0 Å². The average molecular weight is 329 g/mol. The molecule has 0 unspecified atom stereocenters. The molecule has 0 saturated carbocycles. The normalized spacial score (nSPS) is 15.0. The molecule has 1 aliphatic rings. The molecule has 0 spiro atoms. The number of hydrogen-bond acceptors (Lipinski definition) is 4. The molecule has 1 fully saturated rings. The van der Waals surface area contributed by atoms with Gasteiger partial charge in [0.15, 0.2) is 0 Å². The van der Waals surface area contributed by atoms with Gasteiger partial charge in [-0.3, -0.25) is 4.79 Å². The second-order valence-corrected chi connectivity index (χ2v) is 6.79. The van der Waals surface area contributed by atoms with Crippen molar-refractivity contribution >= 4 is 22.9 Å². The molecule has 1 aliphatic heterocycles. The zero-order valence-corrected chi connectivity index (χ0v) is 14.6. The van der Waals surface area contributed by atoms with E-state index in [2.05, 4.69) is 41.9 Å². The van der Waals surface area contributed by atoms with E-state index in [9.17, 15) is 4.79 Å². The smallest absolute Gasteiger partial charge is 0.223 e. The summed E-state index contributed by atoms with van der Waals surface area (Å²) in [5.74, 6) is 0.249. The molecule has 1 saturated heterocycles. The van der Waals surface area contributed by atoms with Gasteiger partial charge in [-0.05, 0) is 37.5 Å². The predicted molar refractivity (Wildman–Crippen MR) is 95.1 cm³/mol. The van der Waals surface area contributed by atoms with Crippen LogP contribution in [0.3, 0.4) is 0 Å². The van der Waals surface area contributed by atoms with Gasteiger partial charge in [-0.25, -0.2) is 4.98 Å². The lowest BCUT2D eigenvalue weighted by molar-refractivity contribution is -0.131. The first-order valence-corrected chi connectivity index (χ1v) is 9.05. The molecule has 0 aliphatic carbocycles. The SMILES string of the molecule is Cc1cccc(N2CCN(C(=O)CCc3cscn3)CC2)c1C. The summed E-state index contributed by atoms with van der Waals surface area (Å²) in [6.07, 6.45) is 1.31. The van der Waals surface area contributed by atoms with Crippen LogP contribution >= 0.6 is 11.3 Å². The molecule has 1 aromatic heterocycles. The number of carbonyl (C=O) groups excluding carboxylic acids is 1. The molecule has 2 heterocycles. The van der Waals surface area contributed by atoms with E-state index in [4.69, 9.17) is 0 Å². The van der Waals surface area contributed by atoms with E-state index < -0.39 is 0 Å². The van der Waals surface area contributed by atoms with E-state index in [1.54, 1.807) is 11.3 Å². The first-order chi connectivity index (χ1) is 11.1. The number of rotatable bonds is 4. The van der Waals surface area contributed by atoms with Crippen LogP contribution in [-0.2, 0) is 11.2 Å². The lowest BCUT2D eigenvalue weighted by Crippen LogP contribution is -2.49. The van der Waals surface area contributed by atoms with Gasteiger partial charge in [0.25, 0.3) is 0 Å². The molecule has 0 radical (unpaired) electrons. The Balaban J connectivity index is 1.53. The van der Waals surface area contributed by atoms with Gasteiger partial charge in [-0.2, -0.15) is 0 Å². The van der Waals surface area contributed by atoms with Crippen LogP contribution in [0.1, 0.15) is 23.2 Å². The topological polar surface area (TPSA) is 36.4 Å². The molecular weight excluding hydrogens is 306 g/mol. The molecule has 0 atom stereocenters. The maximum atomic E-state index is 12.3. The zero-order valence-electron chi connectivity index (χ0n) is 13.8. The fourth-order valence-corrected chi connectivity index (χ4v) is 3.62. The summed E-state index contributed by atoms with van der Waals surface area (Å²) in [6, 6.07) is 6.45. The number of anilines is 1. The van der Waals surface area contributed by atoms with E-state index >= 15 is 0 Å². The first kappa shape index (κ1) is 16.0. The van der Waals surface area contributed by atoms with Crippen LogP contribution in [0.15, 0.2) is 29.1 Å². The highest BCUT2D eigenvalue weighted by Crippen LogP contribution is 2.24. The molecule has 3 rings (SSSR count). The molecule has 0 N–H and O–H groups in total. The predicted octanol–water partition coefficient (Wildman–Crippen LogP) is 3.04. The molecule has 0 bridgehead atoms. The molecule has 122 valence electrons. The van der Waals surface area contributed by atoms with Gasteiger partial charge in [-0.1, -0.05) is 12.1 Å². The second kappa shape index (κ2) is 7.13. The number of aryl methyl sites for hydroxylation is 2. The van der Waals surface area contributed by atoms with Crippen LogP contribution < -0.4 is 4.90 Å². The molecule has 23 heavy (non-hydrogen) atoms. The third-order valence-electron chi connectivity index (χ3n) is 4.63. The number of aromatic nitrogens is 1. The average Bonchev–Trinajstić information content (AvgIpc) is 3.09.